The fraction of sp³-hybridized carbons (Fsp3) is 0.267. The molecule has 0 aliphatic carbocycles. The van der Waals surface area contributed by atoms with Gasteiger partial charge in [-0.15, -0.1) is 0 Å². The largest absolute Gasteiger partial charge is 0.444 e. The molecular formula is C15H15N3O2. The van der Waals surface area contributed by atoms with Crippen LogP contribution in [0.2, 0.25) is 0 Å². The Bertz CT molecular complexity index is 696. The van der Waals surface area contributed by atoms with Crippen LogP contribution in [0.3, 0.4) is 0 Å². The maximum Gasteiger partial charge on any atom is 0.412 e. The summed E-state index contributed by atoms with van der Waals surface area (Å²) in [7, 11) is 0. The Morgan fingerprint density at radius 2 is 2.10 bits per heavy atom. The van der Waals surface area contributed by atoms with E-state index in [0.717, 1.165) is 10.8 Å². The zero-order chi connectivity index (χ0) is 14.8. The zero-order valence-corrected chi connectivity index (χ0v) is 11.6. The third-order valence-electron chi connectivity index (χ3n) is 2.53. The predicted molar refractivity (Wildman–Crippen MR) is 76.3 cm³/mol. The lowest BCUT2D eigenvalue weighted by molar-refractivity contribution is 0.0636. The molecule has 0 spiro atoms. The Kier molecular flexibility index (Phi) is 3.57. The van der Waals surface area contributed by atoms with Crippen molar-refractivity contribution in [3.8, 4) is 6.07 Å². The second-order valence-electron chi connectivity index (χ2n) is 5.36. The summed E-state index contributed by atoms with van der Waals surface area (Å²) in [6.45, 7) is 5.38. The minimum atomic E-state index is -0.570. The summed E-state index contributed by atoms with van der Waals surface area (Å²) in [5.74, 6) is 0. The number of rotatable bonds is 1. The van der Waals surface area contributed by atoms with Crippen molar-refractivity contribution in [2.75, 3.05) is 5.32 Å². The standard InChI is InChI=1S/C15H15N3O2/c1-15(2,3)20-14(19)18-13-9-17-8-11-5-4-10(7-16)6-12(11)13/h4-6,8-9H,1-3H3,(H,18,19). The zero-order valence-electron chi connectivity index (χ0n) is 11.6. The van der Waals surface area contributed by atoms with Crippen molar-refractivity contribution >= 4 is 22.6 Å². The summed E-state index contributed by atoms with van der Waals surface area (Å²) in [4.78, 5) is 15.9. The molecule has 5 nitrogen and oxygen atoms in total. The van der Waals surface area contributed by atoms with Gasteiger partial charge in [0.15, 0.2) is 0 Å². The number of nitrogens with zero attached hydrogens (tertiary/aromatic N) is 2. The SMILES string of the molecule is CC(C)(C)OC(=O)Nc1cncc2ccc(C#N)cc12. The molecule has 102 valence electrons. The van der Waals surface area contributed by atoms with Crippen molar-refractivity contribution in [1.29, 1.82) is 5.26 Å². The van der Waals surface area contributed by atoms with Gasteiger partial charge in [-0.05, 0) is 32.9 Å². The summed E-state index contributed by atoms with van der Waals surface area (Å²) in [6.07, 6.45) is 2.67. The van der Waals surface area contributed by atoms with Gasteiger partial charge in [-0.2, -0.15) is 5.26 Å². The maximum absolute atomic E-state index is 11.8. The number of amides is 1. The molecule has 1 amide bonds. The molecule has 0 saturated heterocycles. The molecule has 20 heavy (non-hydrogen) atoms. The molecule has 1 heterocycles. The van der Waals surface area contributed by atoms with Crippen molar-refractivity contribution in [3.63, 3.8) is 0 Å². The summed E-state index contributed by atoms with van der Waals surface area (Å²) < 4.78 is 5.20. The monoisotopic (exact) mass is 269 g/mol. The predicted octanol–water partition coefficient (Wildman–Crippen LogP) is 3.45. The Labute approximate surface area is 117 Å². The van der Waals surface area contributed by atoms with E-state index in [2.05, 4.69) is 16.4 Å². The van der Waals surface area contributed by atoms with Crippen LogP contribution in [0.1, 0.15) is 26.3 Å². The van der Waals surface area contributed by atoms with E-state index in [9.17, 15) is 4.79 Å². The summed E-state index contributed by atoms with van der Waals surface area (Å²) in [5, 5.41) is 13.2. The number of pyridine rings is 1. The maximum atomic E-state index is 11.8. The highest BCUT2D eigenvalue weighted by molar-refractivity contribution is 5.99. The number of hydrogen-bond acceptors (Lipinski definition) is 4. The average Bonchev–Trinajstić information content (AvgIpc) is 2.36. The second kappa shape index (κ2) is 5.17. The molecule has 0 saturated carbocycles. The van der Waals surface area contributed by atoms with Gasteiger partial charge in [0, 0.05) is 17.0 Å². The van der Waals surface area contributed by atoms with Crippen molar-refractivity contribution in [2.45, 2.75) is 26.4 Å². The minimum Gasteiger partial charge on any atom is -0.444 e. The molecule has 0 aliphatic heterocycles. The van der Waals surface area contributed by atoms with Crippen LogP contribution in [0.25, 0.3) is 10.8 Å². The molecule has 1 aromatic carbocycles. The average molecular weight is 269 g/mol. The van der Waals surface area contributed by atoms with Gasteiger partial charge in [0.1, 0.15) is 5.60 Å². The first kappa shape index (κ1) is 13.8. The van der Waals surface area contributed by atoms with Crippen molar-refractivity contribution < 1.29 is 9.53 Å². The van der Waals surface area contributed by atoms with Gasteiger partial charge >= 0.3 is 6.09 Å². The lowest BCUT2D eigenvalue weighted by Gasteiger charge is -2.20. The number of aromatic nitrogens is 1. The van der Waals surface area contributed by atoms with Gasteiger partial charge in [0.25, 0.3) is 0 Å². The number of fused-ring (bicyclic) bond motifs is 1. The molecule has 0 atom stereocenters. The topological polar surface area (TPSA) is 75.0 Å². The summed E-state index contributed by atoms with van der Waals surface area (Å²) >= 11 is 0. The van der Waals surface area contributed by atoms with Gasteiger partial charge in [-0.1, -0.05) is 6.07 Å². The smallest absolute Gasteiger partial charge is 0.412 e. The fourth-order valence-electron chi connectivity index (χ4n) is 1.75. The van der Waals surface area contributed by atoms with Crippen LogP contribution in [0.15, 0.2) is 30.6 Å². The van der Waals surface area contributed by atoms with E-state index in [0.29, 0.717) is 11.3 Å². The van der Waals surface area contributed by atoms with E-state index in [1.807, 2.05) is 0 Å². The number of nitriles is 1. The number of benzene rings is 1. The molecule has 0 bridgehead atoms. The summed E-state index contributed by atoms with van der Waals surface area (Å²) in [5.41, 5.74) is 0.477. The number of anilines is 1. The third kappa shape index (κ3) is 3.23. The van der Waals surface area contributed by atoms with Crippen LogP contribution in [0.4, 0.5) is 10.5 Å². The normalized spacial score (nSPS) is 10.9. The molecule has 2 aromatic rings. The Morgan fingerprint density at radius 1 is 1.35 bits per heavy atom. The Hall–Kier alpha value is -2.61. The second-order valence-corrected chi connectivity index (χ2v) is 5.36. The Morgan fingerprint density at radius 3 is 2.75 bits per heavy atom. The number of carbonyl (C=O) groups excluding carboxylic acids is 1. The first-order chi connectivity index (χ1) is 9.39. The number of hydrogen-bond donors (Lipinski definition) is 1. The van der Waals surface area contributed by atoms with E-state index in [4.69, 9.17) is 10.00 Å². The quantitative estimate of drug-likeness (QED) is 0.860. The first-order valence-corrected chi connectivity index (χ1v) is 6.17. The summed E-state index contributed by atoms with van der Waals surface area (Å²) in [6, 6.07) is 7.29. The van der Waals surface area contributed by atoms with Crippen LogP contribution in [-0.4, -0.2) is 16.7 Å². The van der Waals surface area contributed by atoms with Crippen LogP contribution in [0, 0.1) is 11.3 Å². The molecular weight excluding hydrogens is 254 g/mol. The highest BCUT2D eigenvalue weighted by Crippen LogP contribution is 2.23. The van der Waals surface area contributed by atoms with E-state index >= 15 is 0 Å². The van der Waals surface area contributed by atoms with E-state index in [1.54, 1.807) is 45.2 Å². The van der Waals surface area contributed by atoms with Crippen molar-refractivity contribution in [1.82, 2.24) is 4.98 Å². The lowest BCUT2D eigenvalue weighted by atomic mass is 10.1. The van der Waals surface area contributed by atoms with E-state index in [1.165, 1.54) is 6.20 Å². The van der Waals surface area contributed by atoms with Crippen molar-refractivity contribution in [3.05, 3.63) is 36.2 Å². The van der Waals surface area contributed by atoms with Crippen molar-refractivity contribution in [2.24, 2.45) is 0 Å². The molecule has 5 heteroatoms. The number of carbonyl (C=O) groups is 1. The molecule has 0 aliphatic rings. The Balaban J connectivity index is 2.35. The van der Waals surface area contributed by atoms with Gasteiger partial charge < -0.3 is 4.74 Å². The number of ether oxygens (including phenoxy) is 1. The van der Waals surface area contributed by atoms with Crippen LogP contribution >= 0.6 is 0 Å². The fourth-order valence-corrected chi connectivity index (χ4v) is 1.75. The molecule has 0 radical (unpaired) electrons. The van der Waals surface area contributed by atoms with Gasteiger partial charge in [-0.3, -0.25) is 10.3 Å². The lowest BCUT2D eigenvalue weighted by Crippen LogP contribution is -2.27. The molecule has 1 aromatic heterocycles. The van der Waals surface area contributed by atoms with Crippen LogP contribution in [0.5, 0.6) is 0 Å². The third-order valence-corrected chi connectivity index (χ3v) is 2.53. The molecule has 1 N–H and O–H groups in total. The highest BCUT2D eigenvalue weighted by Gasteiger charge is 2.17. The van der Waals surface area contributed by atoms with Crippen LogP contribution in [-0.2, 0) is 4.74 Å². The molecule has 0 fully saturated rings. The van der Waals surface area contributed by atoms with Crippen LogP contribution < -0.4 is 5.32 Å². The molecule has 0 unspecified atom stereocenters. The first-order valence-electron chi connectivity index (χ1n) is 6.17. The van der Waals surface area contributed by atoms with Gasteiger partial charge in [0.2, 0.25) is 0 Å². The van der Waals surface area contributed by atoms with Gasteiger partial charge in [-0.25, -0.2) is 4.79 Å². The molecule has 2 rings (SSSR count). The van der Waals surface area contributed by atoms with E-state index < -0.39 is 11.7 Å². The van der Waals surface area contributed by atoms with Gasteiger partial charge in [0.05, 0.1) is 23.5 Å². The highest BCUT2D eigenvalue weighted by atomic mass is 16.6. The minimum absolute atomic E-state index is 0.522. The number of nitrogens with one attached hydrogen (secondary N) is 1. The van der Waals surface area contributed by atoms with E-state index in [-0.39, 0.29) is 0 Å².